The van der Waals surface area contributed by atoms with Gasteiger partial charge in [0, 0.05) is 23.8 Å². The van der Waals surface area contributed by atoms with Gasteiger partial charge in [-0.25, -0.2) is 0 Å². The summed E-state index contributed by atoms with van der Waals surface area (Å²) in [4.78, 5) is 31.7. The van der Waals surface area contributed by atoms with E-state index in [-0.39, 0.29) is 29.2 Å². The summed E-state index contributed by atoms with van der Waals surface area (Å²) in [5, 5.41) is 0. The molecule has 0 unspecified atom stereocenters. The van der Waals surface area contributed by atoms with Gasteiger partial charge >= 0.3 is 0 Å². The van der Waals surface area contributed by atoms with Crippen molar-refractivity contribution in [3.63, 3.8) is 0 Å². The molecule has 1 aromatic rings. The molecule has 1 rings (SSSR count). The van der Waals surface area contributed by atoms with Gasteiger partial charge in [-0.1, -0.05) is 186 Å². The van der Waals surface area contributed by atoms with Crippen LogP contribution in [0.5, 0.6) is 0 Å². The van der Waals surface area contributed by atoms with E-state index in [0.717, 1.165) is 42.1 Å². The van der Waals surface area contributed by atoms with Crippen LogP contribution < -0.4 is 0 Å². The highest BCUT2D eigenvalue weighted by Gasteiger charge is 2.08. The quantitative estimate of drug-likeness (QED) is 0.165. The van der Waals surface area contributed by atoms with Crippen molar-refractivity contribution in [2.24, 2.45) is 41.4 Å². The fourth-order valence-corrected chi connectivity index (χ4v) is 3.00. The Hall–Kier alpha value is -2.03. The molecule has 280 valence electrons. The van der Waals surface area contributed by atoms with Crippen molar-refractivity contribution < 1.29 is 14.4 Å². The van der Waals surface area contributed by atoms with Crippen LogP contribution in [-0.4, -0.2) is 17.3 Å². The molecule has 3 heteroatoms. The lowest BCUT2D eigenvalue weighted by atomic mass is 10.0. The fraction of sp³-hybridized carbons (Fsp3) is 0.750. The van der Waals surface area contributed by atoms with E-state index in [1.54, 1.807) is 13.8 Å². The average Bonchev–Trinajstić information content (AvgIpc) is 2.94. The molecule has 0 aromatic heterocycles. The summed E-state index contributed by atoms with van der Waals surface area (Å²) >= 11 is 0. The highest BCUT2D eigenvalue weighted by Crippen LogP contribution is 2.07. The van der Waals surface area contributed by atoms with Crippen LogP contribution in [-0.2, 0) is 9.59 Å². The highest BCUT2D eigenvalue weighted by atomic mass is 16.1. The molecule has 0 N–H and O–H groups in total. The van der Waals surface area contributed by atoms with Crippen LogP contribution in [0.25, 0.3) is 0 Å². The Morgan fingerprint density at radius 1 is 0.596 bits per heavy atom. The summed E-state index contributed by atoms with van der Waals surface area (Å²) in [5.41, 5.74) is 0.808. The first kappa shape index (κ1) is 57.2. The van der Waals surface area contributed by atoms with Crippen molar-refractivity contribution in [2.45, 2.75) is 176 Å². The fourth-order valence-electron chi connectivity index (χ4n) is 3.00. The maximum atomic E-state index is 11.3. The number of carbonyl (C=O) groups excluding carboxylic acids is 3. The number of allylic oxidation sites excluding steroid dienone is 1. The molecule has 0 heterocycles. The van der Waals surface area contributed by atoms with Crippen molar-refractivity contribution in [2.75, 3.05) is 0 Å². The first-order valence-electron chi connectivity index (χ1n) is 18.8. The predicted molar refractivity (Wildman–Crippen MR) is 216 cm³/mol. The van der Waals surface area contributed by atoms with E-state index in [1.807, 2.05) is 78.0 Å². The minimum absolute atomic E-state index is 0.0948. The lowest BCUT2D eigenvalue weighted by molar-refractivity contribution is -0.120. The molecule has 1 aromatic carbocycles. The van der Waals surface area contributed by atoms with E-state index in [1.165, 1.54) is 32.1 Å². The van der Waals surface area contributed by atoms with Gasteiger partial charge in [0.15, 0.2) is 5.78 Å². The van der Waals surface area contributed by atoms with E-state index in [9.17, 15) is 14.4 Å². The average molecular weight is 663 g/mol. The third kappa shape index (κ3) is 71.3. The normalized spacial score (nSPS) is 9.74. The van der Waals surface area contributed by atoms with Gasteiger partial charge in [-0.05, 0) is 49.9 Å². The van der Waals surface area contributed by atoms with Crippen LogP contribution in [0, 0.1) is 41.4 Å². The molecular formula is C44H86O3. The summed E-state index contributed by atoms with van der Waals surface area (Å²) in [6.45, 7) is 43.0. The minimum atomic E-state index is 0.0948. The summed E-state index contributed by atoms with van der Waals surface area (Å²) in [6, 6.07) is 9.38. The molecule has 0 saturated heterocycles. The van der Waals surface area contributed by atoms with E-state index >= 15 is 0 Å². The van der Waals surface area contributed by atoms with Crippen molar-refractivity contribution in [3.05, 3.63) is 48.6 Å². The smallest absolute Gasteiger partial charge is 0.165 e. The van der Waals surface area contributed by atoms with Gasteiger partial charge < -0.3 is 4.79 Å². The van der Waals surface area contributed by atoms with Crippen LogP contribution in [0.3, 0.4) is 0 Å². The maximum absolute atomic E-state index is 11.3. The van der Waals surface area contributed by atoms with Crippen molar-refractivity contribution in [1.29, 1.82) is 0 Å². The number of hydrogen-bond donors (Lipinski definition) is 0. The van der Waals surface area contributed by atoms with Gasteiger partial charge in [-0.3, -0.25) is 9.59 Å². The Morgan fingerprint density at radius 3 is 1.06 bits per heavy atom. The Kier molecular flexibility index (Phi) is 51.2. The molecule has 0 saturated carbocycles. The Bertz CT molecular complexity index is 774. The molecule has 0 fully saturated rings. The van der Waals surface area contributed by atoms with Crippen LogP contribution in [0.2, 0.25) is 0 Å². The molecule has 0 aliphatic heterocycles. The van der Waals surface area contributed by atoms with E-state index in [0.29, 0.717) is 5.92 Å². The number of carbonyl (C=O) groups is 3. The van der Waals surface area contributed by atoms with Crippen molar-refractivity contribution >= 4 is 17.3 Å². The van der Waals surface area contributed by atoms with Crippen LogP contribution in [0.15, 0.2) is 43.0 Å². The van der Waals surface area contributed by atoms with Crippen LogP contribution in [0.4, 0.5) is 0 Å². The zero-order chi connectivity index (χ0) is 38.5. The predicted octanol–water partition coefficient (Wildman–Crippen LogP) is 14.5. The summed E-state index contributed by atoms with van der Waals surface area (Å²) in [6.07, 6.45) is 10.5. The Labute approximate surface area is 297 Å². The van der Waals surface area contributed by atoms with Crippen molar-refractivity contribution in [3.8, 4) is 0 Å². The molecule has 0 atom stereocenters. The second-order valence-corrected chi connectivity index (χ2v) is 15.0. The number of rotatable bonds is 12. The molecule has 0 radical (unpaired) electrons. The molecule has 3 nitrogen and oxygen atoms in total. The maximum Gasteiger partial charge on any atom is 0.165 e. The molecule has 0 amide bonds. The number of Topliss-reactive ketones (excluding diaryl/α,β-unsaturated/α-hetero) is 3. The number of ketones is 3. The Balaban J connectivity index is -0.000000106. The zero-order valence-corrected chi connectivity index (χ0v) is 35.4. The second kappa shape index (κ2) is 42.0. The monoisotopic (exact) mass is 663 g/mol. The lowest BCUT2D eigenvalue weighted by Crippen LogP contribution is -2.06. The first-order valence-corrected chi connectivity index (χ1v) is 18.8. The molecule has 0 aliphatic rings. The second-order valence-electron chi connectivity index (χ2n) is 15.0. The third-order valence-electron chi connectivity index (χ3n) is 6.28. The van der Waals surface area contributed by atoms with Gasteiger partial charge in [-0.15, -0.1) is 6.58 Å². The van der Waals surface area contributed by atoms with Gasteiger partial charge in [-0.2, -0.15) is 0 Å². The summed E-state index contributed by atoms with van der Waals surface area (Å²) in [5.74, 6) is 5.05. The number of hydrogen-bond acceptors (Lipinski definition) is 3. The third-order valence-corrected chi connectivity index (χ3v) is 6.28. The van der Waals surface area contributed by atoms with Crippen LogP contribution >= 0.6 is 0 Å². The van der Waals surface area contributed by atoms with Gasteiger partial charge in [0.2, 0.25) is 0 Å². The summed E-state index contributed by atoms with van der Waals surface area (Å²) < 4.78 is 0. The molecule has 0 spiro atoms. The standard InChI is InChI=1S/C10H12O.C6H12O.2C6H14.C6H12.C5H10O.C5H12/c1-8(2)10(11)9-6-4-3-5-7-9;1-5(2)4-6(3)7;3*1-4-5-6(2)3;1-4(2)5(3)6;1-4-5(2)3/h3-8H,1-2H3;5H,4H2,1-3H3;2*6H,4-5H2,1-3H3;4,6H,1,5H2,2-3H3;4H,1-3H3;5H,4H2,1-3H3. The number of benzene rings is 1. The molecule has 0 bridgehead atoms. The van der Waals surface area contributed by atoms with Gasteiger partial charge in [0.1, 0.15) is 11.6 Å². The lowest BCUT2D eigenvalue weighted by Gasteiger charge is -2.01. The summed E-state index contributed by atoms with van der Waals surface area (Å²) in [7, 11) is 0. The van der Waals surface area contributed by atoms with Gasteiger partial charge in [0.25, 0.3) is 0 Å². The minimum Gasteiger partial charge on any atom is -0.300 e. The first-order chi connectivity index (χ1) is 21.6. The van der Waals surface area contributed by atoms with Gasteiger partial charge in [0.05, 0.1) is 0 Å². The van der Waals surface area contributed by atoms with E-state index in [4.69, 9.17) is 0 Å². The Morgan fingerprint density at radius 2 is 0.957 bits per heavy atom. The molecular weight excluding hydrogens is 576 g/mol. The zero-order valence-electron chi connectivity index (χ0n) is 35.4. The topological polar surface area (TPSA) is 51.2 Å². The largest absolute Gasteiger partial charge is 0.300 e. The van der Waals surface area contributed by atoms with E-state index < -0.39 is 0 Å². The highest BCUT2D eigenvalue weighted by molar-refractivity contribution is 5.97. The molecule has 47 heavy (non-hydrogen) atoms. The van der Waals surface area contributed by atoms with E-state index in [2.05, 4.69) is 82.7 Å². The van der Waals surface area contributed by atoms with Crippen LogP contribution in [0.1, 0.15) is 187 Å². The van der Waals surface area contributed by atoms with Crippen molar-refractivity contribution in [1.82, 2.24) is 0 Å². The molecule has 0 aliphatic carbocycles. The SMILES string of the molecule is C=CCC(C)C.CC(=O)C(C)C.CC(=O)CC(C)C.CC(C)C(=O)c1ccccc1.CCC(C)C.CCCC(C)C.CCCC(C)C.